The van der Waals surface area contributed by atoms with Crippen molar-refractivity contribution in [3.63, 3.8) is 0 Å². The monoisotopic (exact) mass is 243 g/mol. The number of aromatic nitrogens is 2. The Morgan fingerprint density at radius 2 is 2.17 bits per heavy atom. The summed E-state index contributed by atoms with van der Waals surface area (Å²) in [5.74, 6) is -0.109. The average molecular weight is 243 g/mol. The van der Waals surface area contributed by atoms with Gasteiger partial charge in [0.2, 0.25) is 0 Å². The molecule has 1 heterocycles. The summed E-state index contributed by atoms with van der Waals surface area (Å²) in [7, 11) is 0. The van der Waals surface area contributed by atoms with Crippen LogP contribution in [0.15, 0.2) is 36.7 Å². The number of hydrogen-bond acceptors (Lipinski definition) is 4. The standard InChI is InChI=1S/C13H13N3O2/c1-9-6-15-12(8-14-9)13(18)16-7-10-3-2-4-11(17)5-10/h2-6,8,17H,7H2,1H3,(H,16,18). The fourth-order valence-electron chi connectivity index (χ4n) is 1.45. The molecule has 1 aromatic heterocycles. The van der Waals surface area contributed by atoms with E-state index in [9.17, 15) is 9.90 Å². The molecule has 2 aromatic rings. The van der Waals surface area contributed by atoms with Crippen LogP contribution < -0.4 is 5.32 Å². The van der Waals surface area contributed by atoms with Gasteiger partial charge in [0.1, 0.15) is 11.4 Å². The van der Waals surface area contributed by atoms with Gasteiger partial charge in [0.25, 0.3) is 5.91 Å². The molecule has 0 spiro atoms. The van der Waals surface area contributed by atoms with Crippen molar-refractivity contribution in [2.45, 2.75) is 13.5 Å². The molecule has 0 fully saturated rings. The van der Waals surface area contributed by atoms with Crippen LogP contribution in [0.25, 0.3) is 0 Å². The smallest absolute Gasteiger partial charge is 0.271 e. The number of nitrogens with one attached hydrogen (secondary N) is 1. The molecule has 0 saturated carbocycles. The number of amides is 1. The zero-order valence-electron chi connectivity index (χ0n) is 9.92. The molecule has 0 atom stereocenters. The molecule has 0 aliphatic rings. The fourth-order valence-corrected chi connectivity index (χ4v) is 1.45. The van der Waals surface area contributed by atoms with E-state index in [-0.39, 0.29) is 17.4 Å². The third kappa shape index (κ3) is 3.04. The Morgan fingerprint density at radius 3 is 2.83 bits per heavy atom. The van der Waals surface area contributed by atoms with Crippen molar-refractivity contribution >= 4 is 5.91 Å². The zero-order chi connectivity index (χ0) is 13.0. The van der Waals surface area contributed by atoms with E-state index in [1.165, 1.54) is 6.20 Å². The number of aryl methyl sites for hydroxylation is 1. The number of hydrogen-bond donors (Lipinski definition) is 2. The largest absolute Gasteiger partial charge is 0.508 e. The maximum Gasteiger partial charge on any atom is 0.271 e. The number of nitrogens with zero attached hydrogens (tertiary/aromatic N) is 2. The van der Waals surface area contributed by atoms with Crippen LogP contribution in [0.5, 0.6) is 5.75 Å². The van der Waals surface area contributed by atoms with Gasteiger partial charge < -0.3 is 10.4 Å². The highest BCUT2D eigenvalue weighted by molar-refractivity contribution is 5.91. The molecule has 0 saturated heterocycles. The Bertz CT molecular complexity index is 552. The minimum absolute atomic E-state index is 0.178. The molecule has 0 aliphatic carbocycles. The van der Waals surface area contributed by atoms with Gasteiger partial charge in [-0.25, -0.2) is 4.98 Å². The topological polar surface area (TPSA) is 75.1 Å². The minimum atomic E-state index is -0.286. The number of benzene rings is 1. The molecule has 2 N–H and O–H groups in total. The second kappa shape index (κ2) is 5.27. The van der Waals surface area contributed by atoms with Crippen molar-refractivity contribution in [2.75, 3.05) is 0 Å². The number of rotatable bonds is 3. The Kier molecular flexibility index (Phi) is 3.52. The van der Waals surface area contributed by atoms with Crippen LogP contribution in [0.2, 0.25) is 0 Å². The molecule has 0 aliphatic heterocycles. The predicted octanol–water partition coefficient (Wildman–Crippen LogP) is 1.42. The first-order valence-electron chi connectivity index (χ1n) is 5.50. The van der Waals surface area contributed by atoms with Gasteiger partial charge in [-0.3, -0.25) is 9.78 Å². The summed E-state index contributed by atoms with van der Waals surface area (Å²) < 4.78 is 0. The van der Waals surface area contributed by atoms with Crippen LogP contribution in [0.4, 0.5) is 0 Å². The van der Waals surface area contributed by atoms with E-state index in [0.29, 0.717) is 6.54 Å². The van der Waals surface area contributed by atoms with Gasteiger partial charge in [0.05, 0.1) is 11.9 Å². The van der Waals surface area contributed by atoms with Gasteiger partial charge in [0, 0.05) is 12.7 Å². The molecule has 5 nitrogen and oxygen atoms in total. The number of carbonyl (C=O) groups excluding carboxylic acids is 1. The predicted molar refractivity (Wildman–Crippen MR) is 66.0 cm³/mol. The third-order valence-electron chi connectivity index (χ3n) is 2.38. The number of phenolic OH excluding ortho intramolecular Hbond substituents is 1. The lowest BCUT2D eigenvalue weighted by atomic mass is 10.2. The van der Waals surface area contributed by atoms with Crippen molar-refractivity contribution in [1.29, 1.82) is 0 Å². The van der Waals surface area contributed by atoms with Gasteiger partial charge in [-0.15, -0.1) is 0 Å². The minimum Gasteiger partial charge on any atom is -0.508 e. The van der Waals surface area contributed by atoms with Gasteiger partial charge in [0.15, 0.2) is 0 Å². The highest BCUT2D eigenvalue weighted by atomic mass is 16.3. The summed E-state index contributed by atoms with van der Waals surface area (Å²) in [4.78, 5) is 19.7. The van der Waals surface area contributed by atoms with Crippen LogP contribution in [-0.2, 0) is 6.54 Å². The molecule has 0 bridgehead atoms. The zero-order valence-corrected chi connectivity index (χ0v) is 9.92. The molecule has 0 radical (unpaired) electrons. The van der Waals surface area contributed by atoms with E-state index in [4.69, 9.17) is 0 Å². The van der Waals surface area contributed by atoms with Crippen molar-refractivity contribution in [1.82, 2.24) is 15.3 Å². The third-order valence-corrected chi connectivity index (χ3v) is 2.38. The van der Waals surface area contributed by atoms with Gasteiger partial charge >= 0.3 is 0 Å². The summed E-state index contributed by atoms with van der Waals surface area (Å²) in [6.45, 7) is 2.14. The van der Waals surface area contributed by atoms with E-state index in [0.717, 1.165) is 11.3 Å². The lowest BCUT2D eigenvalue weighted by Gasteiger charge is -2.05. The van der Waals surface area contributed by atoms with Crippen LogP contribution in [0.1, 0.15) is 21.7 Å². The van der Waals surface area contributed by atoms with Crippen LogP contribution in [0.3, 0.4) is 0 Å². The van der Waals surface area contributed by atoms with Crippen LogP contribution >= 0.6 is 0 Å². The quantitative estimate of drug-likeness (QED) is 0.855. The van der Waals surface area contributed by atoms with Crippen molar-refractivity contribution in [3.8, 4) is 5.75 Å². The van der Waals surface area contributed by atoms with E-state index in [2.05, 4.69) is 15.3 Å². The average Bonchev–Trinajstić information content (AvgIpc) is 2.37. The molecule has 5 heteroatoms. The molecule has 18 heavy (non-hydrogen) atoms. The summed E-state index contributed by atoms with van der Waals surface area (Å²) >= 11 is 0. The Morgan fingerprint density at radius 1 is 1.33 bits per heavy atom. The first-order valence-corrected chi connectivity index (χ1v) is 5.50. The molecule has 92 valence electrons. The van der Waals surface area contributed by atoms with Crippen molar-refractivity contribution in [3.05, 3.63) is 53.6 Å². The number of carbonyl (C=O) groups is 1. The lowest BCUT2D eigenvalue weighted by Crippen LogP contribution is -2.23. The second-order valence-corrected chi connectivity index (χ2v) is 3.90. The Balaban J connectivity index is 1.98. The molecule has 1 amide bonds. The summed E-state index contributed by atoms with van der Waals surface area (Å²) in [5.41, 5.74) is 1.86. The summed E-state index contributed by atoms with van der Waals surface area (Å²) in [6.07, 6.45) is 2.98. The SMILES string of the molecule is Cc1cnc(C(=O)NCc2cccc(O)c2)cn1. The van der Waals surface area contributed by atoms with Gasteiger partial charge in [-0.2, -0.15) is 0 Å². The van der Waals surface area contributed by atoms with Crippen LogP contribution in [-0.4, -0.2) is 21.0 Å². The van der Waals surface area contributed by atoms with E-state index in [1.54, 1.807) is 31.3 Å². The summed E-state index contributed by atoms with van der Waals surface area (Å²) in [6, 6.07) is 6.72. The molecule has 0 unspecified atom stereocenters. The highest BCUT2D eigenvalue weighted by Gasteiger charge is 2.06. The second-order valence-electron chi connectivity index (χ2n) is 3.90. The van der Waals surface area contributed by atoms with Crippen molar-refractivity contribution < 1.29 is 9.90 Å². The molecular formula is C13H13N3O2. The lowest BCUT2D eigenvalue weighted by molar-refractivity contribution is 0.0945. The van der Waals surface area contributed by atoms with Gasteiger partial charge in [-0.1, -0.05) is 12.1 Å². The Labute approximate surface area is 105 Å². The first-order chi connectivity index (χ1) is 8.65. The number of phenols is 1. The van der Waals surface area contributed by atoms with Crippen LogP contribution in [0, 0.1) is 6.92 Å². The molecular weight excluding hydrogens is 230 g/mol. The normalized spacial score (nSPS) is 10.1. The number of aromatic hydroxyl groups is 1. The fraction of sp³-hybridized carbons (Fsp3) is 0.154. The first kappa shape index (κ1) is 12.0. The maximum atomic E-state index is 11.7. The summed E-state index contributed by atoms with van der Waals surface area (Å²) in [5, 5.41) is 12.0. The highest BCUT2D eigenvalue weighted by Crippen LogP contribution is 2.10. The molecule has 1 aromatic carbocycles. The van der Waals surface area contributed by atoms with E-state index >= 15 is 0 Å². The Hall–Kier alpha value is -2.43. The van der Waals surface area contributed by atoms with Gasteiger partial charge in [-0.05, 0) is 24.6 Å². The van der Waals surface area contributed by atoms with E-state index in [1.807, 2.05) is 6.07 Å². The van der Waals surface area contributed by atoms with E-state index < -0.39 is 0 Å². The maximum absolute atomic E-state index is 11.7. The van der Waals surface area contributed by atoms with Crippen molar-refractivity contribution in [2.24, 2.45) is 0 Å². The molecule has 2 rings (SSSR count).